The molecule has 2 rings (SSSR count). The number of carboxylic acid groups (broad SMARTS) is 1. The van der Waals surface area contributed by atoms with E-state index in [-0.39, 0.29) is 12.3 Å². The summed E-state index contributed by atoms with van der Waals surface area (Å²) in [6.45, 7) is 0. The van der Waals surface area contributed by atoms with Crippen LogP contribution in [-0.2, 0) is 9.59 Å². The van der Waals surface area contributed by atoms with Crippen molar-refractivity contribution >= 4 is 11.9 Å². The second kappa shape index (κ2) is 5.07. The molecule has 0 unspecified atom stereocenters. The standard InChI is InChI=1S/C13H21NO3/c15-11(6-5-10-3-4-10)14-13(9-12(16)17)7-1-2-8-13/h10H,1-9H2,(H,14,15)(H,16,17). The van der Waals surface area contributed by atoms with Gasteiger partial charge in [0.2, 0.25) is 5.91 Å². The molecule has 0 aromatic rings. The summed E-state index contributed by atoms with van der Waals surface area (Å²) < 4.78 is 0. The largest absolute Gasteiger partial charge is 0.481 e. The summed E-state index contributed by atoms with van der Waals surface area (Å²) >= 11 is 0. The molecule has 0 bridgehead atoms. The van der Waals surface area contributed by atoms with E-state index in [1.807, 2.05) is 0 Å². The quantitative estimate of drug-likeness (QED) is 0.745. The Bertz CT molecular complexity index is 304. The van der Waals surface area contributed by atoms with E-state index in [9.17, 15) is 9.59 Å². The maximum absolute atomic E-state index is 11.8. The molecule has 0 saturated heterocycles. The van der Waals surface area contributed by atoms with E-state index in [1.165, 1.54) is 12.8 Å². The van der Waals surface area contributed by atoms with Crippen molar-refractivity contribution in [1.29, 1.82) is 0 Å². The number of aliphatic carboxylic acids is 1. The van der Waals surface area contributed by atoms with Crippen LogP contribution in [0.3, 0.4) is 0 Å². The first-order valence-corrected chi connectivity index (χ1v) is 6.62. The van der Waals surface area contributed by atoms with Crippen LogP contribution in [0.1, 0.15) is 57.8 Å². The van der Waals surface area contributed by atoms with Crippen molar-refractivity contribution in [3.05, 3.63) is 0 Å². The molecule has 0 radical (unpaired) electrons. The molecule has 0 spiro atoms. The molecule has 2 fully saturated rings. The van der Waals surface area contributed by atoms with Crippen LogP contribution in [0.15, 0.2) is 0 Å². The Kier molecular flexibility index (Phi) is 3.69. The molecule has 4 nitrogen and oxygen atoms in total. The van der Waals surface area contributed by atoms with E-state index < -0.39 is 11.5 Å². The van der Waals surface area contributed by atoms with Crippen LogP contribution in [0.2, 0.25) is 0 Å². The molecule has 0 aliphatic heterocycles. The van der Waals surface area contributed by atoms with E-state index in [0.29, 0.717) is 6.42 Å². The third-order valence-electron chi connectivity index (χ3n) is 3.93. The summed E-state index contributed by atoms with van der Waals surface area (Å²) in [6, 6.07) is 0. The van der Waals surface area contributed by atoms with Crippen molar-refractivity contribution < 1.29 is 14.7 Å². The van der Waals surface area contributed by atoms with Gasteiger partial charge in [0.25, 0.3) is 0 Å². The smallest absolute Gasteiger partial charge is 0.305 e. The predicted octanol–water partition coefficient (Wildman–Crippen LogP) is 2.08. The number of carbonyl (C=O) groups is 2. The second-order valence-corrected chi connectivity index (χ2v) is 5.59. The lowest BCUT2D eigenvalue weighted by Gasteiger charge is -2.28. The monoisotopic (exact) mass is 239 g/mol. The van der Waals surface area contributed by atoms with Crippen LogP contribution < -0.4 is 5.32 Å². The molecule has 1 amide bonds. The van der Waals surface area contributed by atoms with Gasteiger partial charge in [0, 0.05) is 6.42 Å². The summed E-state index contributed by atoms with van der Waals surface area (Å²) in [5.41, 5.74) is -0.452. The van der Waals surface area contributed by atoms with E-state index in [0.717, 1.165) is 38.0 Å². The molecule has 0 heterocycles. The van der Waals surface area contributed by atoms with Gasteiger partial charge in [-0.15, -0.1) is 0 Å². The Morgan fingerprint density at radius 2 is 1.88 bits per heavy atom. The van der Waals surface area contributed by atoms with Gasteiger partial charge in [-0.3, -0.25) is 9.59 Å². The number of rotatable bonds is 6. The SMILES string of the molecule is O=C(O)CC1(NC(=O)CCC2CC2)CCCC1. The summed E-state index contributed by atoms with van der Waals surface area (Å²) in [5, 5.41) is 11.9. The number of hydrogen-bond donors (Lipinski definition) is 2. The van der Waals surface area contributed by atoms with E-state index in [2.05, 4.69) is 5.32 Å². The fourth-order valence-electron chi connectivity index (χ4n) is 2.79. The number of nitrogens with one attached hydrogen (secondary N) is 1. The topological polar surface area (TPSA) is 66.4 Å². The number of hydrogen-bond acceptors (Lipinski definition) is 2. The molecule has 2 saturated carbocycles. The Labute approximate surface area is 102 Å². The van der Waals surface area contributed by atoms with Crippen molar-refractivity contribution in [2.45, 2.75) is 63.3 Å². The minimum atomic E-state index is -0.811. The van der Waals surface area contributed by atoms with Crippen LogP contribution in [0, 0.1) is 5.92 Å². The fourth-order valence-corrected chi connectivity index (χ4v) is 2.79. The lowest BCUT2D eigenvalue weighted by Crippen LogP contribution is -2.47. The molecule has 17 heavy (non-hydrogen) atoms. The van der Waals surface area contributed by atoms with Gasteiger partial charge in [-0.25, -0.2) is 0 Å². The molecule has 96 valence electrons. The number of amides is 1. The van der Waals surface area contributed by atoms with Crippen LogP contribution in [0.4, 0.5) is 0 Å². The predicted molar refractivity (Wildman–Crippen MR) is 63.6 cm³/mol. The highest BCUT2D eigenvalue weighted by molar-refractivity contribution is 5.78. The summed E-state index contributed by atoms with van der Waals surface area (Å²) in [4.78, 5) is 22.7. The third-order valence-corrected chi connectivity index (χ3v) is 3.93. The molecule has 0 aromatic heterocycles. The second-order valence-electron chi connectivity index (χ2n) is 5.59. The first-order chi connectivity index (χ1) is 8.10. The van der Waals surface area contributed by atoms with Gasteiger partial charge in [-0.05, 0) is 25.2 Å². The highest BCUT2D eigenvalue weighted by Crippen LogP contribution is 2.35. The molecule has 0 aromatic carbocycles. The van der Waals surface area contributed by atoms with Gasteiger partial charge in [0.1, 0.15) is 0 Å². The van der Waals surface area contributed by atoms with Gasteiger partial charge in [-0.2, -0.15) is 0 Å². The fraction of sp³-hybridized carbons (Fsp3) is 0.846. The Morgan fingerprint density at radius 3 is 2.41 bits per heavy atom. The van der Waals surface area contributed by atoms with Crippen LogP contribution in [-0.4, -0.2) is 22.5 Å². The van der Waals surface area contributed by atoms with Crippen LogP contribution >= 0.6 is 0 Å². The zero-order chi connectivity index (χ0) is 12.3. The van der Waals surface area contributed by atoms with Gasteiger partial charge in [-0.1, -0.05) is 25.7 Å². The molecular weight excluding hydrogens is 218 g/mol. The van der Waals surface area contributed by atoms with Gasteiger partial charge < -0.3 is 10.4 Å². The maximum Gasteiger partial charge on any atom is 0.305 e. The van der Waals surface area contributed by atoms with Crippen molar-refractivity contribution in [2.75, 3.05) is 0 Å². The van der Waals surface area contributed by atoms with Gasteiger partial charge in [0.15, 0.2) is 0 Å². The maximum atomic E-state index is 11.8. The van der Waals surface area contributed by atoms with Crippen molar-refractivity contribution in [3.8, 4) is 0 Å². The minimum absolute atomic E-state index is 0.0417. The third kappa shape index (κ3) is 3.72. The highest BCUT2D eigenvalue weighted by Gasteiger charge is 2.37. The average Bonchev–Trinajstić information content (AvgIpc) is 2.97. The molecule has 0 atom stereocenters. The summed E-state index contributed by atoms with van der Waals surface area (Å²) in [6.07, 6.45) is 7.79. The van der Waals surface area contributed by atoms with E-state index in [1.54, 1.807) is 0 Å². The van der Waals surface area contributed by atoms with E-state index in [4.69, 9.17) is 5.11 Å². The minimum Gasteiger partial charge on any atom is -0.481 e. The van der Waals surface area contributed by atoms with Crippen LogP contribution in [0.5, 0.6) is 0 Å². The zero-order valence-electron chi connectivity index (χ0n) is 10.2. The molecule has 4 heteroatoms. The molecule has 2 N–H and O–H groups in total. The lowest BCUT2D eigenvalue weighted by atomic mass is 9.93. The highest BCUT2D eigenvalue weighted by atomic mass is 16.4. The summed E-state index contributed by atoms with van der Waals surface area (Å²) in [7, 11) is 0. The van der Waals surface area contributed by atoms with Crippen molar-refractivity contribution in [1.82, 2.24) is 5.32 Å². The Hall–Kier alpha value is -1.06. The van der Waals surface area contributed by atoms with Crippen molar-refractivity contribution in [2.24, 2.45) is 5.92 Å². The van der Waals surface area contributed by atoms with E-state index >= 15 is 0 Å². The zero-order valence-corrected chi connectivity index (χ0v) is 10.2. The molecule has 2 aliphatic carbocycles. The average molecular weight is 239 g/mol. The first-order valence-electron chi connectivity index (χ1n) is 6.62. The molecular formula is C13H21NO3. The van der Waals surface area contributed by atoms with Crippen molar-refractivity contribution in [3.63, 3.8) is 0 Å². The normalized spacial score (nSPS) is 22.4. The molecule has 2 aliphatic rings. The lowest BCUT2D eigenvalue weighted by molar-refractivity contribution is -0.139. The number of carbonyl (C=O) groups excluding carboxylic acids is 1. The van der Waals surface area contributed by atoms with Gasteiger partial charge in [0.05, 0.1) is 12.0 Å². The Balaban J connectivity index is 1.82. The Morgan fingerprint density at radius 1 is 1.24 bits per heavy atom. The summed E-state index contributed by atoms with van der Waals surface area (Å²) in [5.74, 6) is -0.0193. The van der Waals surface area contributed by atoms with Gasteiger partial charge >= 0.3 is 5.97 Å². The van der Waals surface area contributed by atoms with Crippen LogP contribution in [0.25, 0.3) is 0 Å². The first kappa shape index (κ1) is 12.4. The number of carboxylic acids is 1.